The molecule has 1 aromatic heterocycles. The summed E-state index contributed by atoms with van der Waals surface area (Å²) >= 11 is 0. The van der Waals surface area contributed by atoms with Gasteiger partial charge in [-0.25, -0.2) is 5.43 Å². The van der Waals surface area contributed by atoms with Gasteiger partial charge in [0.1, 0.15) is 0 Å². The highest BCUT2D eigenvalue weighted by Crippen LogP contribution is 2.21. The van der Waals surface area contributed by atoms with Crippen LogP contribution in [0.15, 0.2) is 90.3 Å². The molecular formula is C24H26N4O. The molecule has 0 unspecified atom stereocenters. The number of amides is 1. The van der Waals surface area contributed by atoms with E-state index in [9.17, 15) is 4.79 Å². The lowest BCUT2D eigenvalue weighted by atomic mass is 9.90. The van der Waals surface area contributed by atoms with Gasteiger partial charge in [-0.1, -0.05) is 60.7 Å². The molecule has 29 heavy (non-hydrogen) atoms. The average Bonchev–Trinajstić information content (AvgIpc) is 2.76. The molecule has 0 bridgehead atoms. The number of carbonyl (C=O) groups is 1. The van der Waals surface area contributed by atoms with Gasteiger partial charge < -0.3 is 4.90 Å². The van der Waals surface area contributed by atoms with Crippen LogP contribution in [0.1, 0.15) is 27.4 Å². The van der Waals surface area contributed by atoms with Gasteiger partial charge in [0, 0.05) is 36.8 Å². The van der Waals surface area contributed by atoms with E-state index in [0.29, 0.717) is 12.0 Å². The lowest BCUT2D eigenvalue weighted by Crippen LogP contribution is -2.30. The molecule has 1 amide bonds. The Hall–Kier alpha value is -3.31. The van der Waals surface area contributed by atoms with E-state index in [4.69, 9.17) is 0 Å². The second kappa shape index (κ2) is 10.3. The number of benzene rings is 2. The zero-order chi connectivity index (χ0) is 20.5. The lowest BCUT2D eigenvalue weighted by molar-refractivity contribution is 0.0954. The molecule has 3 rings (SSSR count). The smallest absolute Gasteiger partial charge is 0.271 e. The molecular weight excluding hydrogens is 360 g/mol. The Balaban J connectivity index is 1.92. The molecule has 5 heteroatoms. The van der Waals surface area contributed by atoms with E-state index < -0.39 is 0 Å². The minimum atomic E-state index is -0.241. The Morgan fingerprint density at radius 3 is 2.21 bits per heavy atom. The van der Waals surface area contributed by atoms with Crippen molar-refractivity contribution in [2.24, 2.45) is 5.10 Å². The largest absolute Gasteiger partial charge is 0.308 e. The van der Waals surface area contributed by atoms with Gasteiger partial charge in [0.15, 0.2) is 0 Å². The van der Waals surface area contributed by atoms with Crippen molar-refractivity contribution in [3.8, 4) is 0 Å². The van der Waals surface area contributed by atoms with Crippen LogP contribution in [-0.4, -0.2) is 42.1 Å². The van der Waals surface area contributed by atoms with E-state index in [1.807, 2.05) is 50.5 Å². The van der Waals surface area contributed by atoms with Crippen LogP contribution in [0.5, 0.6) is 0 Å². The van der Waals surface area contributed by atoms with Gasteiger partial charge in [-0.3, -0.25) is 9.78 Å². The molecule has 0 aliphatic rings. The molecule has 148 valence electrons. The third-order valence-corrected chi connectivity index (χ3v) is 4.62. The topological polar surface area (TPSA) is 57.6 Å². The van der Waals surface area contributed by atoms with Crippen molar-refractivity contribution in [3.63, 3.8) is 0 Å². The SMILES string of the molecule is CN(C)C[C@H](/C(Cc1ccccc1)=N/NC(=O)c1ccncc1)c1ccccc1. The van der Waals surface area contributed by atoms with Gasteiger partial charge in [-0.15, -0.1) is 0 Å². The summed E-state index contributed by atoms with van der Waals surface area (Å²) in [5.41, 5.74) is 6.53. The van der Waals surface area contributed by atoms with Crippen molar-refractivity contribution in [2.45, 2.75) is 12.3 Å². The Morgan fingerprint density at radius 1 is 0.966 bits per heavy atom. The summed E-state index contributed by atoms with van der Waals surface area (Å²) in [5, 5.41) is 4.60. The highest BCUT2D eigenvalue weighted by Gasteiger charge is 2.20. The second-order valence-electron chi connectivity index (χ2n) is 7.17. The predicted molar refractivity (Wildman–Crippen MR) is 117 cm³/mol. The third kappa shape index (κ3) is 6.09. The Kier molecular flexibility index (Phi) is 7.25. The minimum absolute atomic E-state index is 0.0594. The van der Waals surface area contributed by atoms with Gasteiger partial charge in [0.2, 0.25) is 0 Å². The molecule has 0 fully saturated rings. The van der Waals surface area contributed by atoms with E-state index in [0.717, 1.165) is 17.8 Å². The summed E-state index contributed by atoms with van der Waals surface area (Å²) in [5.74, 6) is -0.182. The zero-order valence-corrected chi connectivity index (χ0v) is 16.8. The number of likely N-dealkylation sites (N-methyl/N-ethyl adjacent to an activating group) is 1. The van der Waals surface area contributed by atoms with Crippen molar-refractivity contribution in [2.75, 3.05) is 20.6 Å². The summed E-state index contributed by atoms with van der Waals surface area (Å²) in [6.45, 7) is 0.792. The van der Waals surface area contributed by atoms with E-state index in [-0.39, 0.29) is 11.8 Å². The van der Waals surface area contributed by atoms with Crippen molar-refractivity contribution >= 4 is 11.6 Å². The number of hydrogen-bond donors (Lipinski definition) is 1. The maximum absolute atomic E-state index is 12.5. The Labute approximate surface area is 172 Å². The first kappa shape index (κ1) is 20.4. The average molecular weight is 386 g/mol. The minimum Gasteiger partial charge on any atom is -0.308 e. The van der Waals surface area contributed by atoms with E-state index >= 15 is 0 Å². The monoisotopic (exact) mass is 386 g/mol. The summed E-state index contributed by atoms with van der Waals surface area (Å²) in [6, 6.07) is 23.9. The van der Waals surface area contributed by atoms with Gasteiger partial charge >= 0.3 is 0 Å². The molecule has 3 aromatic rings. The van der Waals surface area contributed by atoms with Crippen LogP contribution in [0.2, 0.25) is 0 Å². The fraction of sp³-hybridized carbons (Fsp3) is 0.208. The number of rotatable bonds is 8. The zero-order valence-electron chi connectivity index (χ0n) is 16.8. The van der Waals surface area contributed by atoms with Crippen molar-refractivity contribution in [1.29, 1.82) is 0 Å². The van der Waals surface area contributed by atoms with Crippen LogP contribution in [0, 0.1) is 0 Å². The molecule has 2 aromatic carbocycles. The quantitative estimate of drug-likeness (QED) is 0.474. The number of nitrogens with one attached hydrogen (secondary N) is 1. The first-order chi connectivity index (χ1) is 14.1. The van der Waals surface area contributed by atoms with E-state index in [1.165, 1.54) is 5.56 Å². The van der Waals surface area contributed by atoms with Crippen LogP contribution in [-0.2, 0) is 6.42 Å². The van der Waals surface area contributed by atoms with Crippen LogP contribution < -0.4 is 5.43 Å². The summed E-state index contributed by atoms with van der Waals surface area (Å²) in [6.07, 6.45) is 3.86. The third-order valence-electron chi connectivity index (χ3n) is 4.62. The molecule has 0 radical (unpaired) electrons. The number of nitrogens with zero attached hydrogens (tertiary/aromatic N) is 3. The number of hydrazone groups is 1. The van der Waals surface area contributed by atoms with Crippen LogP contribution in [0.25, 0.3) is 0 Å². The van der Waals surface area contributed by atoms with Gasteiger partial charge in [-0.2, -0.15) is 5.10 Å². The predicted octanol–water partition coefficient (Wildman–Crippen LogP) is 3.76. The van der Waals surface area contributed by atoms with Crippen molar-refractivity contribution in [3.05, 3.63) is 102 Å². The standard InChI is InChI=1S/C24H26N4O/c1-28(2)18-22(20-11-7-4-8-12-20)23(17-19-9-5-3-6-10-19)26-27-24(29)21-13-15-25-16-14-21/h3-16,22H,17-18H2,1-2H3,(H,27,29)/b26-23+/t22-/m0/s1. The highest BCUT2D eigenvalue weighted by molar-refractivity contribution is 5.97. The molecule has 0 saturated heterocycles. The van der Waals surface area contributed by atoms with Gasteiger partial charge in [0.25, 0.3) is 5.91 Å². The highest BCUT2D eigenvalue weighted by atomic mass is 16.2. The number of aromatic nitrogens is 1. The fourth-order valence-corrected chi connectivity index (χ4v) is 3.19. The normalized spacial score (nSPS) is 12.6. The molecule has 0 aliphatic carbocycles. The fourth-order valence-electron chi connectivity index (χ4n) is 3.19. The van der Waals surface area contributed by atoms with Crippen LogP contribution >= 0.6 is 0 Å². The second-order valence-corrected chi connectivity index (χ2v) is 7.17. The van der Waals surface area contributed by atoms with Crippen molar-refractivity contribution in [1.82, 2.24) is 15.3 Å². The Morgan fingerprint density at radius 2 is 1.59 bits per heavy atom. The maximum atomic E-state index is 12.5. The number of pyridine rings is 1. The van der Waals surface area contributed by atoms with Crippen LogP contribution in [0.4, 0.5) is 0 Å². The van der Waals surface area contributed by atoms with E-state index in [2.05, 4.69) is 44.7 Å². The number of carbonyl (C=O) groups excluding carboxylic acids is 1. The summed E-state index contributed by atoms with van der Waals surface area (Å²) in [4.78, 5) is 18.6. The summed E-state index contributed by atoms with van der Waals surface area (Å²) < 4.78 is 0. The molecule has 1 atom stereocenters. The van der Waals surface area contributed by atoms with Crippen molar-refractivity contribution < 1.29 is 4.79 Å². The summed E-state index contributed by atoms with van der Waals surface area (Å²) in [7, 11) is 4.09. The number of hydrogen-bond acceptors (Lipinski definition) is 4. The van der Waals surface area contributed by atoms with Crippen LogP contribution in [0.3, 0.4) is 0 Å². The van der Waals surface area contributed by atoms with Gasteiger partial charge in [-0.05, 0) is 37.4 Å². The lowest BCUT2D eigenvalue weighted by Gasteiger charge is -2.23. The molecule has 1 N–H and O–H groups in total. The Bertz CT molecular complexity index is 925. The molecule has 0 saturated carbocycles. The molecule has 0 aliphatic heterocycles. The molecule has 5 nitrogen and oxygen atoms in total. The first-order valence-corrected chi connectivity index (χ1v) is 9.64. The molecule has 1 heterocycles. The maximum Gasteiger partial charge on any atom is 0.271 e. The van der Waals surface area contributed by atoms with Gasteiger partial charge in [0.05, 0.1) is 5.71 Å². The molecule has 0 spiro atoms. The van der Waals surface area contributed by atoms with E-state index in [1.54, 1.807) is 24.5 Å². The first-order valence-electron chi connectivity index (χ1n) is 9.64.